The molecule has 6 nitrogen and oxygen atoms in total. The molecule has 6 heteroatoms. The molecule has 0 spiro atoms. The van der Waals surface area contributed by atoms with Crippen LogP contribution in [0.1, 0.15) is 37.1 Å². The van der Waals surface area contributed by atoms with Crippen molar-refractivity contribution in [2.45, 2.75) is 52.1 Å². The molecule has 120 valence electrons. The first kappa shape index (κ1) is 15.1. The summed E-state index contributed by atoms with van der Waals surface area (Å²) in [7, 11) is 0. The smallest absolute Gasteiger partial charge is 0.244 e. The minimum Gasteiger partial charge on any atom is -0.353 e. The van der Waals surface area contributed by atoms with E-state index in [-0.39, 0.29) is 24.3 Å². The van der Waals surface area contributed by atoms with Gasteiger partial charge < -0.3 is 10.2 Å². The molecule has 2 heterocycles. The number of hydrogen-bond acceptors (Lipinski definition) is 3. The van der Waals surface area contributed by atoms with E-state index in [1.807, 2.05) is 24.8 Å². The van der Waals surface area contributed by atoms with Gasteiger partial charge in [-0.2, -0.15) is 5.10 Å². The molecule has 1 aromatic heterocycles. The summed E-state index contributed by atoms with van der Waals surface area (Å²) in [5.41, 5.74) is 1.91. The van der Waals surface area contributed by atoms with Crippen molar-refractivity contribution in [1.29, 1.82) is 0 Å². The van der Waals surface area contributed by atoms with Gasteiger partial charge in [0.2, 0.25) is 11.8 Å². The number of aromatic nitrogens is 2. The molecule has 1 aliphatic heterocycles. The fraction of sp³-hybridized carbons (Fsp3) is 0.688. The van der Waals surface area contributed by atoms with Gasteiger partial charge in [-0.3, -0.25) is 14.3 Å². The Bertz CT molecular complexity index is 577. The van der Waals surface area contributed by atoms with E-state index in [2.05, 4.69) is 10.4 Å². The van der Waals surface area contributed by atoms with Gasteiger partial charge in [0.1, 0.15) is 6.54 Å². The molecule has 2 fully saturated rings. The second-order valence-electron chi connectivity index (χ2n) is 6.55. The van der Waals surface area contributed by atoms with Crippen LogP contribution in [-0.4, -0.2) is 45.6 Å². The number of rotatable bonds is 4. The highest BCUT2D eigenvalue weighted by Gasteiger charge is 2.31. The lowest BCUT2D eigenvalue weighted by molar-refractivity contribution is -0.136. The number of aryl methyl sites for hydroxylation is 2. The van der Waals surface area contributed by atoms with E-state index in [9.17, 15) is 9.59 Å². The molecule has 3 rings (SSSR count). The van der Waals surface area contributed by atoms with Crippen LogP contribution in [0.25, 0.3) is 0 Å². The van der Waals surface area contributed by atoms with E-state index in [0.29, 0.717) is 12.6 Å². The van der Waals surface area contributed by atoms with Crippen LogP contribution in [0.4, 0.5) is 0 Å². The zero-order chi connectivity index (χ0) is 15.7. The predicted molar refractivity (Wildman–Crippen MR) is 82.2 cm³/mol. The third kappa shape index (κ3) is 3.48. The molecule has 0 radical (unpaired) electrons. The Labute approximate surface area is 130 Å². The molecule has 1 aromatic rings. The summed E-state index contributed by atoms with van der Waals surface area (Å²) in [6.45, 7) is 5.42. The van der Waals surface area contributed by atoms with E-state index in [0.717, 1.165) is 43.6 Å². The molecule has 1 N–H and O–H groups in total. The van der Waals surface area contributed by atoms with Gasteiger partial charge in [0.25, 0.3) is 0 Å². The van der Waals surface area contributed by atoms with Crippen LogP contribution in [0.2, 0.25) is 0 Å². The van der Waals surface area contributed by atoms with E-state index in [1.54, 1.807) is 4.68 Å². The summed E-state index contributed by atoms with van der Waals surface area (Å²) in [5, 5.41) is 7.39. The lowest BCUT2D eigenvalue weighted by Crippen LogP contribution is -2.46. The van der Waals surface area contributed by atoms with Crippen molar-refractivity contribution >= 4 is 11.8 Å². The molecular weight excluding hydrogens is 280 g/mol. The van der Waals surface area contributed by atoms with Crippen molar-refractivity contribution in [2.75, 3.05) is 13.1 Å². The number of carbonyl (C=O) groups is 2. The molecule has 2 aliphatic rings. The minimum atomic E-state index is -0.0567. The van der Waals surface area contributed by atoms with E-state index in [4.69, 9.17) is 0 Å². The molecule has 0 bridgehead atoms. The minimum absolute atomic E-state index is 0.0510. The Hall–Kier alpha value is -1.85. The third-order valence-electron chi connectivity index (χ3n) is 4.46. The number of piperidine rings is 1. The monoisotopic (exact) mass is 304 g/mol. The summed E-state index contributed by atoms with van der Waals surface area (Å²) >= 11 is 0. The van der Waals surface area contributed by atoms with Gasteiger partial charge >= 0.3 is 0 Å². The van der Waals surface area contributed by atoms with Gasteiger partial charge in [0.05, 0.1) is 11.6 Å². The molecule has 0 unspecified atom stereocenters. The SMILES string of the molecule is Cc1cc(C)n(CC(=O)N2CCC[C@H](C(=O)NC3CC3)C2)n1. The van der Waals surface area contributed by atoms with Gasteiger partial charge in [-0.05, 0) is 45.6 Å². The number of amides is 2. The van der Waals surface area contributed by atoms with E-state index < -0.39 is 0 Å². The molecule has 2 amide bonds. The van der Waals surface area contributed by atoms with Crippen molar-refractivity contribution in [2.24, 2.45) is 5.92 Å². The first-order chi connectivity index (χ1) is 10.5. The van der Waals surface area contributed by atoms with Crippen molar-refractivity contribution in [3.8, 4) is 0 Å². The summed E-state index contributed by atoms with van der Waals surface area (Å²) in [4.78, 5) is 26.4. The number of nitrogens with zero attached hydrogens (tertiary/aromatic N) is 3. The number of nitrogens with one attached hydrogen (secondary N) is 1. The van der Waals surface area contributed by atoms with Crippen LogP contribution in [0.15, 0.2) is 6.07 Å². The topological polar surface area (TPSA) is 67.2 Å². The number of carbonyl (C=O) groups excluding carboxylic acids is 2. The molecule has 1 saturated carbocycles. The van der Waals surface area contributed by atoms with Gasteiger partial charge in [-0.15, -0.1) is 0 Å². The maximum atomic E-state index is 12.5. The fourth-order valence-electron chi connectivity index (χ4n) is 3.03. The lowest BCUT2D eigenvalue weighted by atomic mass is 9.97. The second-order valence-corrected chi connectivity index (χ2v) is 6.55. The summed E-state index contributed by atoms with van der Waals surface area (Å²) in [6.07, 6.45) is 3.96. The first-order valence-corrected chi connectivity index (χ1v) is 8.12. The van der Waals surface area contributed by atoms with Crippen LogP contribution in [0.5, 0.6) is 0 Å². The highest BCUT2D eigenvalue weighted by Crippen LogP contribution is 2.22. The Kier molecular flexibility index (Phi) is 4.18. The summed E-state index contributed by atoms with van der Waals surface area (Å²) in [5.74, 6) is 0.111. The molecule has 1 aliphatic carbocycles. The van der Waals surface area contributed by atoms with Crippen LogP contribution in [-0.2, 0) is 16.1 Å². The zero-order valence-corrected chi connectivity index (χ0v) is 13.3. The Morgan fingerprint density at radius 1 is 1.32 bits per heavy atom. The molecule has 1 atom stereocenters. The van der Waals surface area contributed by atoms with Crippen molar-refractivity contribution in [1.82, 2.24) is 20.0 Å². The first-order valence-electron chi connectivity index (χ1n) is 8.12. The average Bonchev–Trinajstić information content (AvgIpc) is 3.24. The van der Waals surface area contributed by atoms with Crippen LogP contribution < -0.4 is 5.32 Å². The standard InChI is InChI=1S/C16H24N4O2/c1-11-8-12(2)20(18-11)10-15(21)19-7-3-4-13(9-19)16(22)17-14-5-6-14/h8,13-14H,3-7,9-10H2,1-2H3,(H,17,22)/t13-/m0/s1. The van der Waals surface area contributed by atoms with Crippen molar-refractivity contribution in [3.05, 3.63) is 17.5 Å². The Morgan fingerprint density at radius 3 is 2.73 bits per heavy atom. The predicted octanol–water partition coefficient (Wildman–Crippen LogP) is 1.02. The highest BCUT2D eigenvalue weighted by molar-refractivity contribution is 5.81. The van der Waals surface area contributed by atoms with Gasteiger partial charge in [0, 0.05) is 24.8 Å². The van der Waals surface area contributed by atoms with Crippen LogP contribution in [0, 0.1) is 19.8 Å². The van der Waals surface area contributed by atoms with E-state index >= 15 is 0 Å². The van der Waals surface area contributed by atoms with Gasteiger partial charge in [0.15, 0.2) is 0 Å². The normalized spacial score (nSPS) is 21.7. The maximum absolute atomic E-state index is 12.5. The lowest BCUT2D eigenvalue weighted by Gasteiger charge is -2.32. The zero-order valence-electron chi connectivity index (χ0n) is 13.3. The summed E-state index contributed by atoms with van der Waals surface area (Å²) in [6, 6.07) is 2.35. The second kappa shape index (κ2) is 6.10. The van der Waals surface area contributed by atoms with E-state index in [1.165, 1.54) is 0 Å². The van der Waals surface area contributed by atoms with Gasteiger partial charge in [-0.25, -0.2) is 0 Å². The average molecular weight is 304 g/mol. The molecular formula is C16H24N4O2. The largest absolute Gasteiger partial charge is 0.353 e. The quantitative estimate of drug-likeness (QED) is 0.903. The highest BCUT2D eigenvalue weighted by atomic mass is 16.2. The Balaban J connectivity index is 1.57. The van der Waals surface area contributed by atoms with Crippen LogP contribution in [0.3, 0.4) is 0 Å². The third-order valence-corrected chi connectivity index (χ3v) is 4.46. The van der Waals surface area contributed by atoms with Gasteiger partial charge in [-0.1, -0.05) is 0 Å². The molecule has 1 saturated heterocycles. The number of hydrogen-bond donors (Lipinski definition) is 1. The molecule has 0 aromatic carbocycles. The fourth-order valence-corrected chi connectivity index (χ4v) is 3.03. The molecule has 22 heavy (non-hydrogen) atoms. The van der Waals surface area contributed by atoms with Crippen LogP contribution >= 0.6 is 0 Å². The van der Waals surface area contributed by atoms with Crippen molar-refractivity contribution < 1.29 is 9.59 Å². The van der Waals surface area contributed by atoms with Crippen molar-refractivity contribution in [3.63, 3.8) is 0 Å². The Morgan fingerprint density at radius 2 is 2.09 bits per heavy atom. The number of likely N-dealkylation sites (tertiary alicyclic amines) is 1. The maximum Gasteiger partial charge on any atom is 0.244 e. The summed E-state index contributed by atoms with van der Waals surface area (Å²) < 4.78 is 1.74.